The van der Waals surface area contributed by atoms with E-state index in [9.17, 15) is 4.79 Å². The first-order valence-corrected chi connectivity index (χ1v) is 11.7. The number of carbonyl (C=O) groups is 1. The highest BCUT2D eigenvalue weighted by molar-refractivity contribution is 6.02. The second kappa shape index (κ2) is 11.4. The minimum atomic E-state index is -0.0231. The van der Waals surface area contributed by atoms with Crippen LogP contribution in [0.25, 0.3) is 11.4 Å². The molecule has 0 atom stereocenters. The zero-order valence-electron chi connectivity index (χ0n) is 20.9. The number of anilines is 4. The van der Waals surface area contributed by atoms with Crippen LogP contribution in [0.2, 0.25) is 0 Å². The first kappa shape index (κ1) is 24.8. The molecule has 0 aliphatic carbocycles. The molecule has 3 N–H and O–H groups in total. The molecule has 186 valence electrons. The second-order valence-electron chi connectivity index (χ2n) is 8.18. The quantitative estimate of drug-likeness (QED) is 0.269. The fraction of sp³-hybridized carbons (Fsp3) is 0.269. The van der Waals surface area contributed by atoms with E-state index in [1.807, 2.05) is 57.5 Å². The van der Waals surface area contributed by atoms with Crippen molar-refractivity contribution in [2.75, 3.05) is 31.3 Å². The predicted molar refractivity (Wildman–Crippen MR) is 140 cm³/mol. The van der Waals surface area contributed by atoms with Crippen molar-refractivity contribution in [3.63, 3.8) is 0 Å². The molecule has 0 bridgehead atoms. The Balaban J connectivity index is 1.65. The number of benzene rings is 1. The number of para-hydroxylation sites is 1. The Hall–Kier alpha value is -4.31. The summed E-state index contributed by atoms with van der Waals surface area (Å²) in [6, 6.07) is 11.4. The maximum atomic E-state index is 12.7. The van der Waals surface area contributed by atoms with Crippen molar-refractivity contribution in [2.45, 2.75) is 19.8 Å². The lowest BCUT2D eigenvalue weighted by atomic mass is 10.1. The first-order chi connectivity index (χ1) is 17.5. The molecule has 0 saturated carbocycles. The zero-order chi connectivity index (χ0) is 25.5. The molecule has 4 aromatic rings. The van der Waals surface area contributed by atoms with Gasteiger partial charge in [-0.1, -0.05) is 19.1 Å². The Kier molecular flexibility index (Phi) is 7.86. The Morgan fingerprint density at radius 2 is 1.86 bits per heavy atom. The fourth-order valence-corrected chi connectivity index (χ4v) is 3.73. The Bertz CT molecular complexity index is 1330. The van der Waals surface area contributed by atoms with Crippen LogP contribution in [0.3, 0.4) is 0 Å². The number of methoxy groups -OCH3 is 1. The number of Topliss-reactive ketones (excluding diaryl/α,β-unsaturated/α-hetero) is 1. The van der Waals surface area contributed by atoms with Gasteiger partial charge in [0.15, 0.2) is 17.4 Å². The summed E-state index contributed by atoms with van der Waals surface area (Å²) < 4.78 is 7.36. The van der Waals surface area contributed by atoms with Gasteiger partial charge in [0.25, 0.3) is 0 Å². The molecular weight excluding hydrogens is 456 g/mol. The van der Waals surface area contributed by atoms with E-state index in [0.717, 1.165) is 24.1 Å². The highest BCUT2D eigenvalue weighted by Gasteiger charge is 2.18. The van der Waals surface area contributed by atoms with Gasteiger partial charge in [-0.15, -0.1) is 0 Å². The average molecular weight is 487 g/mol. The number of aromatic nitrogens is 5. The number of likely N-dealkylation sites (N-methyl/N-ethyl adjacent to an activating group) is 1. The summed E-state index contributed by atoms with van der Waals surface area (Å²) in [5.41, 5.74) is 3.65. The molecule has 1 aromatic carbocycles. The minimum Gasteiger partial charge on any atom is -0.494 e. The van der Waals surface area contributed by atoms with E-state index >= 15 is 0 Å². The van der Waals surface area contributed by atoms with Crippen molar-refractivity contribution >= 4 is 28.8 Å². The Labute approximate surface area is 210 Å². The number of ketones is 1. The van der Waals surface area contributed by atoms with Crippen LogP contribution in [0.5, 0.6) is 5.75 Å². The summed E-state index contributed by atoms with van der Waals surface area (Å²) in [7, 11) is 5.33. The third-order valence-corrected chi connectivity index (χ3v) is 5.60. The number of aryl methyl sites for hydroxylation is 1. The molecule has 0 unspecified atom stereocenters. The minimum absolute atomic E-state index is 0.0231. The van der Waals surface area contributed by atoms with Crippen LogP contribution in [-0.2, 0) is 13.5 Å². The highest BCUT2D eigenvalue weighted by atomic mass is 16.5. The number of rotatable bonds is 11. The molecule has 10 nitrogen and oxygen atoms in total. The number of nitrogens with one attached hydrogen (secondary N) is 3. The van der Waals surface area contributed by atoms with E-state index in [1.165, 1.54) is 0 Å². The van der Waals surface area contributed by atoms with E-state index < -0.39 is 0 Å². The molecule has 0 amide bonds. The monoisotopic (exact) mass is 486 g/mol. The maximum Gasteiger partial charge on any atom is 0.184 e. The fourth-order valence-electron chi connectivity index (χ4n) is 3.73. The van der Waals surface area contributed by atoms with Gasteiger partial charge in [0.2, 0.25) is 0 Å². The van der Waals surface area contributed by atoms with Gasteiger partial charge in [0.05, 0.1) is 29.6 Å². The molecule has 4 rings (SSSR count). The van der Waals surface area contributed by atoms with E-state index in [2.05, 4.69) is 36.0 Å². The topological polar surface area (TPSA) is 119 Å². The number of pyridine rings is 2. The van der Waals surface area contributed by atoms with Gasteiger partial charge in [-0.3, -0.25) is 9.48 Å². The van der Waals surface area contributed by atoms with Crippen LogP contribution < -0.4 is 20.7 Å². The van der Waals surface area contributed by atoms with Gasteiger partial charge >= 0.3 is 0 Å². The number of hydrogen-bond donors (Lipinski definition) is 3. The molecule has 10 heteroatoms. The van der Waals surface area contributed by atoms with Crippen LogP contribution in [0.15, 0.2) is 55.1 Å². The normalized spacial score (nSPS) is 10.8. The lowest BCUT2D eigenvalue weighted by Crippen LogP contribution is -2.10. The third-order valence-electron chi connectivity index (χ3n) is 5.60. The van der Waals surface area contributed by atoms with Gasteiger partial charge in [0.1, 0.15) is 18.0 Å². The SMILES string of the molecule is CCC(=O)c1cnc(Nc2ccc(CCNC)cn2)cc1Nc1cccc(-c2ncn(C)n2)c1OC. The van der Waals surface area contributed by atoms with E-state index in [-0.39, 0.29) is 5.78 Å². The van der Waals surface area contributed by atoms with Crippen LogP contribution in [0, 0.1) is 0 Å². The lowest BCUT2D eigenvalue weighted by molar-refractivity contribution is 0.0988. The molecule has 0 saturated heterocycles. The van der Waals surface area contributed by atoms with Gasteiger partial charge < -0.3 is 20.7 Å². The highest BCUT2D eigenvalue weighted by Crippen LogP contribution is 2.37. The van der Waals surface area contributed by atoms with Gasteiger partial charge in [-0.05, 0) is 43.8 Å². The summed E-state index contributed by atoms with van der Waals surface area (Å²) in [6.45, 7) is 2.71. The lowest BCUT2D eigenvalue weighted by Gasteiger charge is -2.17. The van der Waals surface area contributed by atoms with Crippen LogP contribution in [0.1, 0.15) is 29.3 Å². The van der Waals surface area contributed by atoms with Crippen molar-refractivity contribution in [1.29, 1.82) is 0 Å². The molecule has 0 spiro atoms. The van der Waals surface area contributed by atoms with Crippen molar-refractivity contribution in [3.05, 3.63) is 66.2 Å². The van der Waals surface area contributed by atoms with Crippen LogP contribution in [0.4, 0.5) is 23.0 Å². The summed E-state index contributed by atoms with van der Waals surface area (Å²) in [4.78, 5) is 26.0. The molecule has 3 aromatic heterocycles. The van der Waals surface area contributed by atoms with Gasteiger partial charge in [0, 0.05) is 31.9 Å². The largest absolute Gasteiger partial charge is 0.494 e. The van der Waals surface area contributed by atoms with Crippen molar-refractivity contribution in [2.24, 2.45) is 7.05 Å². The van der Waals surface area contributed by atoms with Gasteiger partial charge in [-0.2, -0.15) is 5.10 Å². The summed E-state index contributed by atoms with van der Waals surface area (Å²) in [5, 5.41) is 14.1. The summed E-state index contributed by atoms with van der Waals surface area (Å²) >= 11 is 0. The summed E-state index contributed by atoms with van der Waals surface area (Å²) in [5.74, 6) is 2.32. The number of carbonyl (C=O) groups excluding carboxylic acids is 1. The third kappa shape index (κ3) is 5.66. The first-order valence-electron chi connectivity index (χ1n) is 11.7. The summed E-state index contributed by atoms with van der Waals surface area (Å²) in [6.07, 6.45) is 6.31. The molecule has 0 fully saturated rings. The second-order valence-corrected chi connectivity index (χ2v) is 8.18. The van der Waals surface area contributed by atoms with Crippen LogP contribution >= 0.6 is 0 Å². The standard InChI is InChI=1S/C26H30N8O2/c1-5-22(35)19-15-29-24(32-23-10-9-17(14-28-23)11-12-27-2)13-21(19)31-20-8-6-7-18(25(20)36-4)26-30-16-34(3)33-26/h6-10,13-16,27H,5,11-12H2,1-4H3,(H2,28,29,31,32). The zero-order valence-corrected chi connectivity index (χ0v) is 20.9. The predicted octanol–water partition coefficient (Wildman–Crippen LogP) is 4.12. The smallest absolute Gasteiger partial charge is 0.184 e. The molecule has 36 heavy (non-hydrogen) atoms. The van der Waals surface area contributed by atoms with Crippen molar-refractivity contribution in [1.82, 2.24) is 30.0 Å². The van der Waals surface area contributed by atoms with Gasteiger partial charge in [-0.25, -0.2) is 15.0 Å². The van der Waals surface area contributed by atoms with Crippen molar-refractivity contribution in [3.8, 4) is 17.1 Å². The number of nitrogens with zero attached hydrogens (tertiary/aromatic N) is 5. The molecule has 0 aliphatic rings. The maximum absolute atomic E-state index is 12.7. The molecule has 3 heterocycles. The van der Waals surface area contributed by atoms with E-state index in [0.29, 0.717) is 46.6 Å². The van der Waals surface area contributed by atoms with E-state index in [4.69, 9.17) is 4.74 Å². The van der Waals surface area contributed by atoms with Crippen molar-refractivity contribution < 1.29 is 9.53 Å². The Morgan fingerprint density at radius 3 is 2.53 bits per heavy atom. The Morgan fingerprint density at radius 1 is 1.03 bits per heavy atom. The number of ether oxygens (including phenoxy) is 1. The molecular formula is C26H30N8O2. The van der Waals surface area contributed by atoms with E-state index in [1.54, 1.807) is 30.4 Å². The van der Waals surface area contributed by atoms with Crippen LogP contribution in [-0.4, -0.2) is 51.2 Å². The molecule has 0 radical (unpaired) electrons. The number of hydrogen-bond acceptors (Lipinski definition) is 9. The average Bonchev–Trinajstić information content (AvgIpc) is 3.34. The molecule has 0 aliphatic heterocycles.